The lowest BCUT2D eigenvalue weighted by atomic mass is 10.0. The van der Waals surface area contributed by atoms with Crippen molar-refractivity contribution in [1.29, 1.82) is 0 Å². The van der Waals surface area contributed by atoms with Crippen molar-refractivity contribution in [3.8, 4) is 16.9 Å². The van der Waals surface area contributed by atoms with E-state index in [9.17, 15) is 0 Å². The summed E-state index contributed by atoms with van der Waals surface area (Å²) in [5, 5.41) is 1.30. The number of aromatic nitrogens is 1. The summed E-state index contributed by atoms with van der Waals surface area (Å²) in [6.07, 6.45) is 0. The van der Waals surface area contributed by atoms with Gasteiger partial charge in [-0.05, 0) is 30.7 Å². The summed E-state index contributed by atoms with van der Waals surface area (Å²) < 4.78 is 7.47. The van der Waals surface area contributed by atoms with Crippen molar-refractivity contribution >= 4 is 10.9 Å². The molecule has 96 valence electrons. The number of ether oxygens (including phenoxy) is 1. The van der Waals surface area contributed by atoms with Crippen molar-refractivity contribution in [2.75, 3.05) is 7.11 Å². The normalized spacial score (nSPS) is 10.9. The molecule has 0 aliphatic heterocycles. The fourth-order valence-electron chi connectivity index (χ4n) is 2.64. The molecule has 1 heterocycles. The first-order valence-electron chi connectivity index (χ1n) is 6.41. The predicted octanol–water partition coefficient (Wildman–Crippen LogP) is 4.16. The van der Waals surface area contributed by atoms with Crippen LogP contribution < -0.4 is 4.74 Å². The maximum Gasteiger partial charge on any atom is 0.118 e. The summed E-state index contributed by atoms with van der Waals surface area (Å²) in [7, 11) is 3.81. The zero-order valence-corrected chi connectivity index (χ0v) is 11.5. The minimum absolute atomic E-state index is 0.890. The monoisotopic (exact) mass is 251 g/mol. The Morgan fingerprint density at radius 3 is 2.32 bits per heavy atom. The average molecular weight is 251 g/mol. The first-order valence-corrected chi connectivity index (χ1v) is 6.41. The molecular weight excluding hydrogens is 234 g/mol. The fourth-order valence-corrected chi connectivity index (χ4v) is 2.64. The summed E-state index contributed by atoms with van der Waals surface area (Å²) in [6.45, 7) is 2.17. The molecule has 0 N–H and O–H groups in total. The van der Waals surface area contributed by atoms with E-state index in [4.69, 9.17) is 4.74 Å². The second kappa shape index (κ2) is 4.47. The third kappa shape index (κ3) is 1.80. The highest BCUT2D eigenvalue weighted by atomic mass is 16.5. The van der Waals surface area contributed by atoms with Crippen molar-refractivity contribution in [3.63, 3.8) is 0 Å². The SMILES string of the molecule is COc1ccc(-c2c(C)n(C)c3ccccc23)cc1. The Bertz CT molecular complexity index is 723. The summed E-state index contributed by atoms with van der Waals surface area (Å²) in [6, 6.07) is 16.8. The Kier molecular flexibility index (Phi) is 2.79. The number of fused-ring (bicyclic) bond motifs is 1. The lowest BCUT2D eigenvalue weighted by Gasteiger charge is -2.05. The molecule has 0 bridgehead atoms. The van der Waals surface area contributed by atoms with Crippen LogP contribution in [0.2, 0.25) is 0 Å². The Labute approximate surface area is 113 Å². The van der Waals surface area contributed by atoms with Gasteiger partial charge in [-0.3, -0.25) is 0 Å². The van der Waals surface area contributed by atoms with Crippen LogP contribution in [0.1, 0.15) is 5.69 Å². The second-order valence-electron chi connectivity index (χ2n) is 4.77. The van der Waals surface area contributed by atoms with E-state index in [2.05, 4.69) is 54.9 Å². The molecule has 0 fully saturated rings. The summed E-state index contributed by atoms with van der Waals surface area (Å²) >= 11 is 0. The summed E-state index contributed by atoms with van der Waals surface area (Å²) in [5.74, 6) is 0.890. The molecule has 2 heteroatoms. The molecular formula is C17H17NO. The van der Waals surface area contributed by atoms with Gasteiger partial charge in [0.05, 0.1) is 7.11 Å². The van der Waals surface area contributed by atoms with Crippen LogP contribution in [-0.2, 0) is 7.05 Å². The molecule has 0 amide bonds. The highest BCUT2D eigenvalue weighted by Crippen LogP contribution is 2.34. The Morgan fingerprint density at radius 2 is 1.63 bits per heavy atom. The molecule has 0 radical (unpaired) electrons. The zero-order valence-electron chi connectivity index (χ0n) is 11.5. The number of nitrogens with zero attached hydrogens (tertiary/aromatic N) is 1. The third-order valence-corrected chi connectivity index (χ3v) is 3.78. The Hall–Kier alpha value is -2.22. The van der Waals surface area contributed by atoms with Gasteiger partial charge in [0.15, 0.2) is 0 Å². The average Bonchev–Trinajstić information content (AvgIpc) is 2.72. The largest absolute Gasteiger partial charge is 0.497 e. The van der Waals surface area contributed by atoms with E-state index in [-0.39, 0.29) is 0 Å². The summed E-state index contributed by atoms with van der Waals surface area (Å²) in [5.41, 5.74) is 5.09. The van der Waals surface area contributed by atoms with E-state index >= 15 is 0 Å². The van der Waals surface area contributed by atoms with Gasteiger partial charge in [-0.1, -0.05) is 30.3 Å². The van der Waals surface area contributed by atoms with Crippen molar-refractivity contribution in [2.45, 2.75) is 6.92 Å². The molecule has 3 aromatic rings. The number of hydrogen-bond donors (Lipinski definition) is 0. The first-order chi connectivity index (χ1) is 9.22. The van der Waals surface area contributed by atoms with Gasteiger partial charge in [-0.2, -0.15) is 0 Å². The van der Waals surface area contributed by atoms with E-state index in [0.29, 0.717) is 0 Å². The van der Waals surface area contributed by atoms with E-state index in [1.807, 2.05) is 12.1 Å². The van der Waals surface area contributed by atoms with Crippen LogP contribution in [0.5, 0.6) is 5.75 Å². The topological polar surface area (TPSA) is 14.2 Å². The highest BCUT2D eigenvalue weighted by Gasteiger charge is 2.12. The van der Waals surface area contributed by atoms with E-state index < -0.39 is 0 Å². The van der Waals surface area contributed by atoms with Gasteiger partial charge in [-0.15, -0.1) is 0 Å². The van der Waals surface area contributed by atoms with Crippen LogP contribution in [0.3, 0.4) is 0 Å². The van der Waals surface area contributed by atoms with Gasteiger partial charge in [0, 0.05) is 29.2 Å². The van der Waals surface area contributed by atoms with Crippen LogP contribution in [0.15, 0.2) is 48.5 Å². The van der Waals surface area contributed by atoms with Crippen LogP contribution in [0.25, 0.3) is 22.0 Å². The maximum atomic E-state index is 5.22. The van der Waals surface area contributed by atoms with Gasteiger partial charge in [0.1, 0.15) is 5.75 Å². The lowest BCUT2D eigenvalue weighted by molar-refractivity contribution is 0.415. The van der Waals surface area contributed by atoms with Crippen LogP contribution in [0.4, 0.5) is 0 Å². The molecule has 3 rings (SSSR count). The molecule has 0 saturated carbocycles. The van der Waals surface area contributed by atoms with Crippen LogP contribution >= 0.6 is 0 Å². The number of rotatable bonds is 2. The fraction of sp³-hybridized carbons (Fsp3) is 0.176. The first kappa shape index (κ1) is 11.8. The Morgan fingerprint density at radius 1 is 0.947 bits per heavy atom. The molecule has 0 aliphatic carbocycles. The number of methoxy groups -OCH3 is 1. The van der Waals surface area contributed by atoms with Gasteiger partial charge in [0.2, 0.25) is 0 Å². The van der Waals surface area contributed by atoms with E-state index in [0.717, 1.165) is 5.75 Å². The van der Waals surface area contributed by atoms with Crippen LogP contribution in [-0.4, -0.2) is 11.7 Å². The zero-order chi connectivity index (χ0) is 13.4. The van der Waals surface area contributed by atoms with Gasteiger partial charge >= 0.3 is 0 Å². The standard InChI is InChI=1S/C17H17NO/c1-12-17(13-8-10-14(19-3)11-9-13)15-6-4-5-7-16(15)18(12)2/h4-11H,1-3H3. The molecule has 0 aliphatic rings. The summed E-state index contributed by atoms with van der Waals surface area (Å²) in [4.78, 5) is 0. The van der Waals surface area contributed by atoms with Crippen molar-refractivity contribution in [1.82, 2.24) is 4.57 Å². The lowest BCUT2D eigenvalue weighted by Crippen LogP contribution is -1.90. The van der Waals surface area contributed by atoms with Crippen molar-refractivity contribution < 1.29 is 4.74 Å². The van der Waals surface area contributed by atoms with Gasteiger partial charge < -0.3 is 9.30 Å². The highest BCUT2D eigenvalue weighted by molar-refractivity contribution is 5.98. The minimum atomic E-state index is 0.890. The molecule has 0 unspecified atom stereocenters. The minimum Gasteiger partial charge on any atom is -0.497 e. The smallest absolute Gasteiger partial charge is 0.118 e. The van der Waals surface area contributed by atoms with E-state index in [1.54, 1.807) is 7.11 Å². The van der Waals surface area contributed by atoms with Crippen molar-refractivity contribution in [3.05, 3.63) is 54.2 Å². The molecule has 1 aromatic heterocycles. The number of benzene rings is 2. The molecule has 2 nitrogen and oxygen atoms in total. The van der Waals surface area contributed by atoms with Gasteiger partial charge in [0.25, 0.3) is 0 Å². The van der Waals surface area contributed by atoms with Crippen molar-refractivity contribution in [2.24, 2.45) is 7.05 Å². The quantitative estimate of drug-likeness (QED) is 0.667. The molecule has 19 heavy (non-hydrogen) atoms. The number of hydrogen-bond acceptors (Lipinski definition) is 1. The van der Waals surface area contributed by atoms with Gasteiger partial charge in [-0.25, -0.2) is 0 Å². The molecule has 0 spiro atoms. The number of aryl methyl sites for hydroxylation is 1. The van der Waals surface area contributed by atoms with Crippen LogP contribution in [0, 0.1) is 6.92 Å². The molecule has 0 atom stereocenters. The Balaban J connectivity index is 2.26. The maximum absolute atomic E-state index is 5.22. The predicted molar refractivity (Wildman–Crippen MR) is 79.6 cm³/mol. The van der Waals surface area contributed by atoms with E-state index in [1.165, 1.54) is 27.7 Å². The third-order valence-electron chi connectivity index (χ3n) is 3.78. The molecule has 0 saturated heterocycles. The number of para-hydroxylation sites is 1. The second-order valence-corrected chi connectivity index (χ2v) is 4.77. The molecule has 2 aromatic carbocycles.